The molecule has 1 saturated heterocycles. The molecule has 1 fully saturated rings. The van der Waals surface area contributed by atoms with Gasteiger partial charge < -0.3 is 19.5 Å². The number of nitrogens with zero attached hydrogens (tertiary/aromatic N) is 1. The third-order valence-electron chi connectivity index (χ3n) is 5.71. The molecule has 0 unspecified atom stereocenters. The second kappa shape index (κ2) is 8.29. The minimum Gasteiger partial charge on any atom is -0.493 e. The van der Waals surface area contributed by atoms with Gasteiger partial charge in [-0.3, -0.25) is 14.5 Å². The van der Waals surface area contributed by atoms with Crippen LogP contribution in [0.5, 0.6) is 11.5 Å². The van der Waals surface area contributed by atoms with Gasteiger partial charge in [0.05, 0.1) is 14.2 Å². The molecule has 2 aromatic rings. The molecule has 2 aromatic carbocycles. The number of ether oxygens (including phenoxy) is 3. The molecule has 0 spiro atoms. The summed E-state index contributed by atoms with van der Waals surface area (Å²) in [5.41, 5.74) is 2.50. The minimum atomic E-state index is -0.990. The van der Waals surface area contributed by atoms with Gasteiger partial charge in [0, 0.05) is 17.7 Å². The molecule has 2 amide bonds. The van der Waals surface area contributed by atoms with Crippen LogP contribution in [-0.4, -0.2) is 42.9 Å². The normalized spacial score (nSPS) is 19.8. The SMILES string of the molecule is CCc1ccc(NC(=O)[C@@H]2CCC(=O)N2[C@@H]2OC(=O)c3c2ccc(OC)c3OC)cc1. The predicted octanol–water partition coefficient (Wildman–Crippen LogP) is 3.06. The summed E-state index contributed by atoms with van der Waals surface area (Å²) in [6, 6.07) is 10.1. The van der Waals surface area contributed by atoms with Gasteiger partial charge in [-0.2, -0.15) is 0 Å². The first kappa shape index (κ1) is 20.7. The fraction of sp³-hybridized carbons (Fsp3) is 0.348. The Morgan fingerprint density at radius 1 is 1.13 bits per heavy atom. The molecule has 162 valence electrons. The number of carbonyl (C=O) groups excluding carboxylic acids is 3. The molecule has 2 aliphatic heterocycles. The zero-order valence-corrected chi connectivity index (χ0v) is 17.6. The van der Waals surface area contributed by atoms with Crippen LogP contribution in [0.25, 0.3) is 0 Å². The zero-order valence-electron chi connectivity index (χ0n) is 17.6. The van der Waals surface area contributed by atoms with Crippen LogP contribution in [0, 0.1) is 0 Å². The fourth-order valence-electron chi connectivity index (χ4n) is 4.09. The highest BCUT2D eigenvalue weighted by molar-refractivity contribution is 6.01. The van der Waals surface area contributed by atoms with E-state index in [0.717, 1.165) is 12.0 Å². The quantitative estimate of drug-likeness (QED) is 0.717. The second-order valence-corrected chi connectivity index (χ2v) is 7.42. The van der Waals surface area contributed by atoms with Crippen LogP contribution in [0.3, 0.4) is 0 Å². The van der Waals surface area contributed by atoms with Crippen molar-refractivity contribution in [3.8, 4) is 11.5 Å². The van der Waals surface area contributed by atoms with Crippen LogP contribution >= 0.6 is 0 Å². The first-order valence-electron chi connectivity index (χ1n) is 10.1. The van der Waals surface area contributed by atoms with Crippen molar-refractivity contribution in [2.45, 2.75) is 38.5 Å². The van der Waals surface area contributed by atoms with E-state index in [-0.39, 0.29) is 29.5 Å². The summed E-state index contributed by atoms with van der Waals surface area (Å²) in [5, 5.41) is 2.87. The van der Waals surface area contributed by atoms with E-state index in [1.165, 1.54) is 19.1 Å². The van der Waals surface area contributed by atoms with E-state index < -0.39 is 18.2 Å². The first-order valence-corrected chi connectivity index (χ1v) is 10.1. The third kappa shape index (κ3) is 3.58. The molecule has 8 heteroatoms. The molecule has 0 aliphatic carbocycles. The molecule has 4 rings (SSSR count). The Hall–Kier alpha value is -3.55. The van der Waals surface area contributed by atoms with Crippen molar-refractivity contribution < 1.29 is 28.6 Å². The van der Waals surface area contributed by atoms with E-state index in [9.17, 15) is 14.4 Å². The molecule has 1 N–H and O–H groups in total. The Kier molecular flexibility index (Phi) is 5.54. The van der Waals surface area contributed by atoms with Crippen molar-refractivity contribution in [3.05, 3.63) is 53.1 Å². The lowest BCUT2D eigenvalue weighted by molar-refractivity contribution is -0.144. The molecule has 8 nitrogen and oxygen atoms in total. The summed E-state index contributed by atoms with van der Waals surface area (Å²) < 4.78 is 16.1. The number of nitrogens with one attached hydrogen (secondary N) is 1. The van der Waals surface area contributed by atoms with Gasteiger partial charge in [0.1, 0.15) is 11.6 Å². The summed E-state index contributed by atoms with van der Waals surface area (Å²) in [5.74, 6) is -0.556. The number of fused-ring (bicyclic) bond motifs is 1. The Morgan fingerprint density at radius 3 is 2.52 bits per heavy atom. The lowest BCUT2D eigenvalue weighted by Crippen LogP contribution is -2.43. The summed E-state index contributed by atoms with van der Waals surface area (Å²) >= 11 is 0. The first-order chi connectivity index (χ1) is 15.0. The van der Waals surface area contributed by atoms with Gasteiger partial charge in [0.2, 0.25) is 18.0 Å². The molecule has 31 heavy (non-hydrogen) atoms. The summed E-state index contributed by atoms with van der Waals surface area (Å²) in [6.45, 7) is 2.06. The van der Waals surface area contributed by atoms with Gasteiger partial charge in [-0.25, -0.2) is 4.79 Å². The number of hydrogen-bond donors (Lipinski definition) is 1. The smallest absolute Gasteiger partial charge is 0.344 e. The number of carbonyl (C=O) groups is 3. The monoisotopic (exact) mass is 424 g/mol. The summed E-state index contributed by atoms with van der Waals surface area (Å²) in [7, 11) is 2.90. The van der Waals surface area contributed by atoms with E-state index in [2.05, 4.69) is 12.2 Å². The molecule has 0 bridgehead atoms. The lowest BCUT2D eigenvalue weighted by Gasteiger charge is -2.29. The summed E-state index contributed by atoms with van der Waals surface area (Å²) in [4.78, 5) is 39.7. The van der Waals surface area contributed by atoms with Gasteiger partial charge in [0.15, 0.2) is 11.5 Å². The predicted molar refractivity (Wildman–Crippen MR) is 112 cm³/mol. The summed E-state index contributed by atoms with van der Waals surface area (Å²) in [6.07, 6.45) is 0.452. The standard InChI is InChI=1S/C23H24N2O6/c1-4-13-5-7-14(8-6-13)24-21(27)16-10-12-18(26)25(16)22-15-9-11-17(29-2)20(30-3)19(15)23(28)31-22/h5-9,11,16,22H,4,10,12H2,1-3H3,(H,24,27)/t16-,22+/m0/s1. The van der Waals surface area contributed by atoms with Crippen molar-refractivity contribution in [2.24, 2.45) is 0 Å². The van der Waals surface area contributed by atoms with E-state index in [0.29, 0.717) is 23.4 Å². The lowest BCUT2D eigenvalue weighted by atomic mass is 10.0. The molecular formula is C23H24N2O6. The van der Waals surface area contributed by atoms with Crippen molar-refractivity contribution >= 4 is 23.5 Å². The zero-order chi connectivity index (χ0) is 22.1. The number of methoxy groups -OCH3 is 2. The largest absolute Gasteiger partial charge is 0.493 e. The van der Waals surface area contributed by atoms with Crippen molar-refractivity contribution in [1.29, 1.82) is 0 Å². The van der Waals surface area contributed by atoms with Gasteiger partial charge in [-0.15, -0.1) is 0 Å². The highest BCUT2D eigenvalue weighted by atomic mass is 16.6. The molecule has 2 heterocycles. The highest BCUT2D eigenvalue weighted by Crippen LogP contribution is 2.45. The van der Waals surface area contributed by atoms with Gasteiger partial charge in [-0.1, -0.05) is 19.1 Å². The van der Waals surface area contributed by atoms with E-state index >= 15 is 0 Å². The number of cyclic esters (lactones) is 1. The number of amides is 2. The number of rotatable bonds is 6. The highest BCUT2D eigenvalue weighted by Gasteiger charge is 2.47. The molecule has 0 aromatic heterocycles. The molecule has 2 aliphatic rings. The number of benzene rings is 2. The molecule has 0 radical (unpaired) electrons. The maximum absolute atomic E-state index is 13.0. The minimum absolute atomic E-state index is 0.198. The van der Waals surface area contributed by atoms with Crippen molar-refractivity contribution in [1.82, 2.24) is 4.90 Å². The molecular weight excluding hydrogens is 400 g/mol. The molecule has 0 saturated carbocycles. The van der Waals surface area contributed by atoms with Gasteiger partial charge in [0.25, 0.3) is 0 Å². The van der Waals surface area contributed by atoms with Crippen molar-refractivity contribution in [3.63, 3.8) is 0 Å². The Labute approximate surface area is 180 Å². The van der Waals surface area contributed by atoms with E-state index in [4.69, 9.17) is 14.2 Å². The Morgan fingerprint density at radius 2 is 1.87 bits per heavy atom. The van der Waals surface area contributed by atoms with Crippen LogP contribution in [0.1, 0.15) is 47.5 Å². The van der Waals surface area contributed by atoms with Gasteiger partial charge in [-0.05, 0) is 42.7 Å². The number of likely N-dealkylation sites (tertiary alicyclic amines) is 1. The number of esters is 1. The average molecular weight is 424 g/mol. The number of hydrogen-bond acceptors (Lipinski definition) is 6. The number of anilines is 1. The van der Waals surface area contributed by atoms with Gasteiger partial charge >= 0.3 is 5.97 Å². The second-order valence-electron chi connectivity index (χ2n) is 7.42. The van der Waals surface area contributed by atoms with Crippen LogP contribution in [0.4, 0.5) is 5.69 Å². The van der Waals surface area contributed by atoms with Crippen LogP contribution in [-0.2, 0) is 20.7 Å². The maximum Gasteiger partial charge on any atom is 0.344 e. The topological polar surface area (TPSA) is 94.2 Å². The Bertz CT molecular complexity index is 1030. The average Bonchev–Trinajstić information content (AvgIpc) is 3.33. The van der Waals surface area contributed by atoms with Crippen LogP contribution in [0.2, 0.25) is 0 Å². The van der Waals surface area contributed by atoms with Crippen LogP contribution in [0.15, 0.2) is 36.4 Å². The Balaban J connectivity index is 1.62. The molecule has 2 atom stereocenters. The van der Waals surface area contributed by atoms with E-state index in [1.807, 2.05) is 24.3 Å². The maximum atomic E-state index is 13.0. The van der Waals surface area contributed by atoms with Crippen LogP contribution < -0.4 is 14.8 Å². The number of aryl methyl sites for hydroxylation is 1. The van der Waals surface area contributed by atoms with Crippen molar-refractivity contribution in [2.75, 3.05) is 19.5 Å². The van der Waals surface area contributed by atoms with E-state index in [1.54, 1.807) is 12.1 Å². The third-order valence-corrected chi connectivity index (χ3v) is 5.71. The fourth-order valence-corrected chi connectivity index (χ4v) is 4.09.